The molecule has 0 bridgehead atoms. The summed E-state index contributed by atoms with van der Waals surface area (Å²) in [5, 5.41) is -0.204. The first kappa shape index (κ1) is 25.6. The van der Waals surface area contributed by atoms with E-state index in [4.69, 9.17) is 16.1 Å². The molecule has 0 aliphatic heterocycles. The second-order valence-electron chi connectivity index (χ2n) is 7.50. The molecule has 2 atom stereocenters. The van der Waals surface area contributed by atoms with Gasteiger partial charge in [0.25, 0.3) is 0 Å². The fourth-order valence-electron chi connectivity index (χ4n) is 3.82. The number of nitrogens with zero attached hydrogens (tertiary/aromatic N) is 1. The molecule has 1 rings (SSSR count). The van der Waals surface area contributed by atoms with Crippen molar-refractivity contribution in [3.05, 3.63) is 35.9 Å². The Bertz CT molecular complexity index is 577. The van der Waals surface area contributed by atoms with Crippen molar-refractivity contribution in [3.8, 4) is 0 Å². The number of unbranched alkanes of at least 4 members (excludes halogenated alkanes) is 4. The molecule has 0 saturated heterocycles. The van der Waals surface area contributed by atoms with Crippen molar-refractivity contribution < 1.29 is 23.4 Å². The average Bonchev–Trinajstić information content (AvgIpc) is 2.68. The molecule has 0 radical (unpaired) electrons. The van der Waals surface area contributed by atoms with E-state index in [1.165, 1.54) is 19.3 Å². The van der Waals surface area contributed by atoms with Gasteiger partial charge in [0.2, 0.25) is 6.23 Å². The van der Waals surface area contributed by atoms with E-state index in [1.54, 1.807) is 0 Å². The Hall–Kier alpha value is -0.420. The molecular formula is C21H38ClNO4P+. The van der Waals surface area contributed by atoms with Crippen LogP contribution < -0.4 is 0 Å². The highest BCUT2D eigenvalue weighted by Crippen LogP contribution is 2.42. The Morgan fingerprint density at radius 2 is 1.61 bits per heavy atom. The lowest BCUT2D eigenvalue weighted by atomic mass is 10.1. The quantitative estimate of drug-likeness (QED) is 0.117. The van der Waals surface area contributed by atoms with Gasteiger partial charge in [-0.15, -0.1) is 11.6 Å². The number of quaternary nitrogens is 1. The summed E-state index contributed by atoms with van der Waals surface area (Å²) in [6.07, 6.45) is 6.34. The third kappa shape index (κ3) is 8.94. The van der Waals surface area contributed by atoms with Gasteiger partial charge in [0.15, 0.2) is 0 Å². The number of phosphoric ester groups is 1. The van der Waals surface area contributed by atoms with Gasteiger partial charge in [0.05, 0.1) is 25.0 Å². The molecule has 5 nitrogen and oxygen atoms in total. The number of hydrogen-bond acceptors (Lipinski definition) is 2. The second kappa shape index (κ2) is 13.0. The molecule has 28 heavy (non-hydrogen) atoms. The first-order chi connectivity index (χ1) is 13.3. The number of benzene rings is 1. The molecule has 2 unspecified atom stereocenters. The molecule has 1 aromatic carbocycles. The first-order valence-corrected chi connectivity index (χ1v) is 12.5. The van der Waals surface area contributed by atoms with Crippen molar-refractivity contribution in [2.24, 2.45) is 0 Å². The smallest absolute Gasteiger partial charge is 0.303 e. The fourth-order valence-corrected chi connectivity index (χ4v) is 4.72. The minimum atomic E-state index is -4.58. The summed E-state index contributed by atoms with van der Waals surface area (Å²) < 4.78 is 17.6. The Kier molecular flexibility index (Phi) is 11.9. The molecule has 0 amide bonds. The van der Waals surface area contributed by atoms with E-state index in [0.29, 0.717) is 17.3 Å². The zero-order chi connectivity index (χ0) is 21.0. The first-order valence-electron chi connectivity index (χ1n) is 10.6. The predicted molar refractivity (Wildman–Crippen MR) is 116 cm³/mol. The monoisotopic (exact) mass is 434 g/mol. The van der Waals surface area contributed by atoms with Gasteiger partial charge in [0.1, 0.15) is 0 Å². The van der Waals surface area contributed by atoms with Crippen molar-refractivity contribution in [2.75, 3.05) is 19.6 Å². The molecule has 7 heteroatoms. The van der Waals surface area contributed by atoms with Crippen LogP contribution in [0, 0.1) is 0 Å². The number of hydrogen-bond donors (Lipinski definition) is 2. The van der Waals surface area contributed by atoms with Gasteiger partial charge in [0, 0.05) is 6.42 Å². The molecule has 0 saturated carbocycles. The van der Waals surface area contributed by atoms with Gasteiger partial charge >= 0.3 is 7.82 Å². The molecular weight excluding hydrogens is 397 g/mol. The molecule has 0 aliphatic carbocycles. The molecule has 2 N–H and O–H groups in total. The van der Waals surface area contributed by atoms with Gasteiger partial charge in [-0.3, -0.25) is 4.48 Å². The van der Waals surface area contributed by atoms with E-state index >= 15 is 0 Å². The van der Waals surface area contributed by atoms with Crippen LogP contribution in [0.3, 0.4) is 0 Å². The highest BCUT2D eigenvalue weighted by molar-refractivity contribution is 7.46. The standard InChI is InChI=1S/C21H37ClNO4P/c1-4-7-8-9-13-18-23(5-2,6-3)21(27-28(24,25)26)17-16-20(22)19-14-11-10-12-15-19/h10-12,14-15,20-21H,4-9,13,16-18H2,1-3H3,(H-,24,25,26)/p+1. The summed E-state index contributed by atoms with van der Waals surface area (Å²) in [5.74, 6) is 0. The van der Waals surface area contributed by atoms with Crippen molar-refractivity contribution in [1.82, 2.24) is 0 Å². The van der Waals surface area contributed by atoms with Crippen LogP contribution in [0.1, 0.15) is 76.7 Å². The van der Waals surface area contributed by atoms with Crippen LogP contribution in [0.5, 0.6) is 0 Å². The van der Waals surface area contributed by atoms with Crippen LogP contribution in [0.4, 0.5) is 0 Å². The van der Waals surface area contributed by atoms with Crippen molar-refractivity contribution >= 4 is 19.4 Å². The van der Waals surface area contributed by atoms with Gasteiger partial charge in [-0.25, -0.2) is 9.09 Å². The van der Waals surface area contributed by atoms with Gasteiger partial charge in [-0.2, -0.15) is 0 Å². The zero-order valence-electron chi connectivity index (χ0n) is 17.6. The Labute approximate surface area is 175 Å². The SMILES string of the molecule is CCCCCCC[N+](CC)(CC)C(CCC(Cl)c1ccccc1)OP(=O)(O)O. The fraction of sp³-hybridized carbons (Fsp3) is 0.714. The largest absolute Gasteiger partial charge is 0.474 e. The van der Waals surface area contributed by atoms with E-state index in [1.807, 2.05) is 30.3 Å². The van der Waals surface area contributed by atoms with Crippen LogP contribution in [-0.2, 0) is 9.09 Å². The number of halogens is 1. The topological polar surface area (TPSA) is 66.8 Å². The van der Waals surface area contributed by atoms with E-state index in [9.17, 15) is 14.4 Å². The van der Waals surface area contributed by atoms with Gasteiger partial charge in [-0.1, -0.05) is 56.5 Å². The summed E-state index contributed by atoms with van der Waals surface area (Å²) in [7, 11) is -4.58. The zero-order valence-corrected chi connectivity index (χ0v) is 19.2. The lowest BCUT2D eigenvalue weighted by Gasteiger charge is -2.43. The number of rotatable bonds is 15. The third-order valence-electron chi connectivity index (χ3n) is 5.66. The molecule has 0 aliphatic rings. The van der Waals surface area contributed by atoms with E-state index in [0.717, 1.165) is 38.0 Å². The third-order valence-corrected chi connectivity index (χ3v) is 6.65. The Morgan fingerprint density at radius 3 is 2.14 bits per heavy atom. The normalized spacial score (nSPS) is 14.8. The van der Waals surface area contributed by atoms with Crippen molar-refractivity contribution in [3.63, 3.8) is 0 Å². The highest BCUT2D eigenvalue weighted by atomic mass is 35.5. The molecule has 162 valence electrons. The maximum absolute atomic E-state index is 11.7. The molecule has 0 fully saturated rings. The number of phosphoric acid groups is 1. The van der Waals surface area contributed by atoms with E-state index in [2.05, 4.69) is 20.8 Å². The van der Waals surface area contributed by atoms with Crippen LogP contribution >= 0.6 is 19.4 Å². The molecule has 0 aromatic heterocycles. The van der Waals surface area contributed by atoms with Crippen molar-refractivity contribution in [2.45, 2.75) is 77.3 Å². The lowest BCUT2D eigenvalue weighted by Crippen LogP contribution is -2.56. The van der Waals surface area contributed by atoms with E-state index < -0.39 is 14.1 Å². The molecule has 1 aromatic rings. The molecule has 0 heterocycles. The maximum atomic E-state index is 11.7. The summed E-state index contributed by atoms with van der Waals surface area (Å²) in [4.78, 5) is 19.0. The predicted octanol–water partition coefficient (Wildman–Crippen LogP) is 6.01. The van der Waals surface area contributed by atoms with Crippen LogP contribution in [0.15, 0.2) is 30.3 Å². The average molecular weight is 435 g/mol. The summed E-state index contributed by atoms with van der Waals surface area (Å²) in [5.41, 5.74) is 1.02. The second-order valence-corrected chi connectivity index (χ2v) is 9.21. The minimum absolute atomic E-state index is 0.204. The minimum Gasteiger partial charge on any atom is -0.303 e. The van der Waals surface area contributed by atoms with Gasteiger partial charge < -0.3 is 9.79 Å². The van der Waals surface area contributed by atoms with Gasteiger partial charge in [-0.05, 0) is 38.7 Å². The van der Waals surface area contributed by atoms with Crippen LogP contribution in [-0.4, -0.2) is 40.1 Å². The van der Waals surface area contributed by atoms with Crippen molar-refractivity contribution in [1.29, 1.82) is 0 Å². The Balaban J connectivity index is 2.86. The highest BCUT2D eigenvalue weighted by Gasteiger charge is 2.39. The van der Waals surface area contributed by atoms with Crippen LogP contribution in [0.2, 0.25) is 0 Å². The summed E-state index contributed by atoms with van der Waals surface area (Å²) in [6, 6.07) is 9.80. The molecule has 0 spiro atoms. The summed E-state index contributed by atoms with van der Waals surface area (Å²) in [6.45, 7) is 8.74. The lowest BCUT2D eigenvalue weighted by molar-refractivity contribution is -0.966. The van der Waals surface area contributed by atoms with E-state index in [-0.39, 0.29) is 5.38 Å². The Morgan fingerprint density at radius 1 is 1.00 bits per heavy atom. The maximum Gasteiger partial charge on any atom is 0.474 e. The summed E-state index contributed by atoms with van der Waals surface area (Å²) >= 11 is 6.56. The number of alkyl halides is 1. The van der Waals surface area contributed by atoms with Crippen LogP contribution in [0.25, 0.3) is 0 Å².